The largest absolute Gasteiger partial charge is 0.362 e. The second-order valence-electron chi connectivity index (χ2n) is 19.3. The van der Waals surface area contributed by atoms with E-state index in [2.05, 4.69) is 47.6 Å². The van der Waals surface area contributed by atoms with Crippen LogP contribution in [0.3, 0.4) is 0 Å². The molecule has 6 aliphatic rings. The Labute approximate surface area is 381 Å². The smallest absolute Gasteiger partial charge is 0.280 e. The van der Waals surface area contributed by atoms with Gasteiger partial charge in [0, 0.05) is 63.8 Å². The molecular formula is C48H58F3N11O4. The summed E-state index contributed by atoms with van der Waals surface area (Å²) in [5, 5.41) is 21.1. The molecule has 7 heterocycles. The van der Waals surface area contributed by atoms with Crippen molar-refractivity contribution in [1.29, 1.82) is 0 Å². The van der Waals surface area contributed by atoms with Gasteiger partial charge in [-0.3, -0.25) is 34.3 Å². The first kappa shape index (κ1) is 44.3. The molecule has 4 aliphatic heterocycles. The fourth-order valence-corrected chi connectivity index (χ4v) is 11.0. The summed E-state index contributed by atoms with van der Waals surface area (Å²) in [6.07, 6.45) is 9.52. The Bertz CT molecular complexity index is 2550. The number of aromatic nitrogens is 5. The minimum atomic E-state index is -2.82. The number of ether oxygens (including phenoxy) is 1. The van der Waals surface area contributed by atoms with E-state index in [1.54, 1.807) is 27.5 Å². The highest BCUT2D eigenvalue weighted by molar-refractivity contribution is 6.04. The van der Waals surface area contributed by atoms with E-state index in [1.807, 2.05) is 24.3 Å². The molecule has 3 saturated heterocycles. The van der Waals surface area contributed by atoms with Gasteiger partial charge in [0.25, 0.3) is 12.3 Å². The molecule has 2 N–H and O–H groups in total. The number of para-hydroxylation sites is 1. The highest BCUT2D eigenvalue weighted by atomic mass is 19.3. The maximum absolute atomic E-state index is 15.5. The summed E-state index contributed by atoms with van der Waals surface area (Å²) in [7, 11) is 1.80. The van der Waals surface area contributed by atoms with E-state index in [1.165, 1.54) is 25.5 Å². The third kappa shape index (κ3) is 9.51. The Hall–Kier alpha value is -5.54. The van der Waals surface area contributed by atoms with Crippen molar-refractivity contribution in [2.24, 2.45) is 29.9 Å². The maximum atomic E-state index is 15.5. The van der Waals surface area contributed by atoms with Gasteiger partial charge in [-0.25, -0.2) is 22.7 Å². The van der Waals surface area contributed by atoms with Gasteiger partial charge in [0.15, 0.2) is 5.65 Å². The molecule has 2 aliphatic carbocycles. The molecular weight excluding hydrogens is 852 g/mol. The Morgan fingerprint density at radius 2 is 1.76 bits per heavy atom. The molecule has 350 valence electrons. The van der Waals surface area contributed by atoms with Gasteiger partial charge in [0.2, 0.25) is 11.8 Å². The lowest BCUT2D eigenvalue weighted by Gasteiger charge is -2.39. The van der Waals surface area contributed by atoms with Crippen LogP contribution in [0.1, 0.15) is 105 Å². The molecule has 4 atom stereocenters. The molecule has 66 heavy (non-hydrogen) atoms. The van der Waals surface area contributed by atoms with E-state index in [0.717, 1.165) is 92.3 Å². The summed E-state index contributed by atoms with van der Waals surface area (Å²) in [5.74, 6) is 7.39. The summed E-state index contributed by atoms with van der Waals surface area (Å²) in [5.41, 5.74) is 2.43. The van der Waals surface area contributed by atoms with Gasteiger partial charge in [-0.2, -0.15) is 15.3 Å². The predicted molar refractivity (Wildman–Crippen MR) is 241 cm³/mol. The molecule has 10 rings (SSSR count). The summed E-state index contributed by atoms with van der Waals surface area (Å²) in [6.45, 7) is 3.80. The number of aryl methyl sites for hydroxylation is 1. The number of alkyl halides is 3. The number of amides is 3. The average Bonchev–Trinajstić information content (AvgIpc) is 3.69. The van der Waals surface area contributed by atoms with Crippen LogP contribution in [0.15, 0.2) is 41.8 Å². The average molecular weight is 910 g/mol. The zero-order valence-electron chi connectivity index (χ0n) is 37.4. The Kier molecular flexibility index (Phi) is 12.7. The van der Waals surface area contributed by atoms with Gasteiger partial charge in [-0.15, -0.1) is 0 Å². The van der Waals surface area contributed by atoms with Crippen LogP contribution in [0.25, 0.3) is 16.6 Å². The number of imide groups is 1. The number of fused-ring (bicyclic) bond motifs is 2. The molecule has 5 fully saturated rings. The molecule has 0 spiro atoms. The van der Waals surface area contributed by atoms with Gasteiger partial charge in [-0.05, 0) is 87.7 Å². The second-order valence-corrected chi connectivity index (χ2v) is 19.3. The van der Waals surface area contributed by atoms with Crippen LogP contribution < -0.4 is 15.5 Å². The molecule has 3 amide bonds. The molecule has 2 unspecified atom stereocenters. The van der Waals surface area contributed by atoms with Gasteiger partial charge in [0.1, 0.15) is 29.9 Å². The number of hydrogen-bond donors (Lipinski definition) is 2. The topological polar surface area (TPSA) is 155 Å². The minimum absolute atomic E-state index is 0.0297. The zero-order valence-corrected chi connectivity index (χ0v) is 37.4. The number of halogens is 3. The number of carbonyl (C=O) groups excluding carboxylic acids is 3. The SMILES string of the molecule is Cn1nc(C2CCC(=O)NC2=O)c2cccc(C#CCO[C@H]3CCN(C[C@H]4CC[C@H](N5CC(NC(=O)c6cnn7ccc(N8CCC(CC9CC9)CC8)nc67)C(C(F)F)=N5)CC4)C[C@H]3F)c21. The van der Waals surface area contributed by atoms with Crippen LogP contribution in [-0.4, -0.2) is 134 Å². The molecule has 3 aromatic heterocycles. The summed E-state index contributed by atoms with van der Waals surface area (Å²) >= 11 is 0. The van der Waals surface area contributed by atoms with Crippen LogP contribution in [0, 0.1) is 29.6 Å². The first-order chi connectivity index (χ1) is 32.0. The van der Waals surface area contributed by atoms with Crippen molar-refractivity contribution >= 4 is 45.8 Å². The van der Waals surface area contributed by atoms with Crippen molar-refractivity contribution < 1.29 is 32.3 Å². The number of piperidine rings is 3. The van der Waals surface area contributed by atoms with E-state index >= 15 is 4.39 Å². The maximum Gasteiger partial charge on any atom is 0.280 e. The first-order valence-electron chi connectivity index (χ1n) is 23.8. The number of benzene rings is 1. The quantitative estimate of drug-likeness (QED) is 0.143. The fraction of sp³-hybridized carbons (Fsp3) is 0.604. The number of hydrogen-bond acceptors (Lipinski definition) is 11. The number of nitrogens with zero attached hydrogens (tertiary/aromatic N) is 9. The van der Waals surface area contributed by atoms with Crippen LogP contribution in [0.4, 0.5) is 19.0 Å². The van der Waals surface area contributed by atoms with Crippen molar-refractivity contribution in [2.75, 3.05) is 50.8 Å². The van der Waals surface area contributed by atoms with E-state index < -0.39 is 36.6 Å². The molecule has 0 bridgehead atoms. The molecule has 1 aromatic carbocycles. The van der Waals surface area contributed by atoms with Crippen molar-refractivity contribution in [3.05, 3.63) is 53.5 Å². The first-order valence-corrected chi connectivity index (χ1v) is 23.8. The lowest BCUT2D eigenvalue weighted by Crippen LogP contribution is -2.48. The van der Waals surface area contributed by atoms with E-state index in [9.17, 15) is 23.2 Å². The van der Waals surface area contributed by atoms with Crippen LogP contribution in [0.2, 0.25) is 0 Å². The Morgan fingerprint density at radius 3 is 2.52 bits per heavy atom. The van der Waals surface area contributed by atoms with Crippen molar-refractivity contribution in [3.8, 4) is 11.8 Å². The van der Waals surface area contributed by atoms with Crippen molar-refractivity contribution in [3.63, 3.8) is 0 Å². The Morgan fingerprint density at radius 1 is 0.970 bits per heavy atom. The molecule has 0 radical (unpaired) electrons. The predicted octanol–water partition coefficient (Wildman–Crippen LogP) is 5.23. The molecule has 4 aromatic rings. The standard InChI is InChI=1S/C48H58F3N11O4/c1-58-44-32(4-2-6-34(44)42(56-58)35-13-14-41(63)55-47(35)64)5-3-23-66-39-17-19-59(27-37(39)49)26-31-9-11-33(12-10-31)62-28-38(43(57-62)45(50)51)53-48(65)36-25-52-61-22-18-40(54-46(36)61)60-20-15-30(16-21-60)24-29-7-8-29/h2,4,6,18,22,25,29-31,33,35,37-39,45H,7-17,19-21,23-24,26-28H2,1H3,(H,53,65)(H,55,63,64)/t31-,33-,35?,37-,38?,39+/m1/s1. The normalized spacial score (nSPS) is 26.8. The van der Waals surface area contributed by atoms with Gasteiger partial charge in [-0.1, -0.05) is 36.8 Å². The van der Waals surface area contributed by atoms with E-state index in [4.69, 9.17) is 9.72 Å². The highest BCUT2D eigenvalue weighted by Crippen LogP contribution is 2.39. The lowest BCUT2D eigenvalue weighted by molar-refractivity contribution is -0.134. The third-order valence-corrected chi connectivity index (χ3v) is 14.8. The fourth-order valence-electron chi connectivity index (χ4n) is 11.0. The van der Waals surface area contributed by atoms with E-state index in [-0.39, 0.29) is 55.2 Å². The highest BCUT2D eigenvalue weighted by Gasteiger charge is 2.39. The number of likely N-dealkylation sites (tertiary alicyclic amines) is 1. The lowest BCUT2D eigenvalue weighted by atomic mass is 9.85. The molecule has 15 nitrogen and oxygen atoms in total. The number of anilines is 1. The van der Waals surface area contributed by atoms with Gasteiger partial charge >= 0.3 is 0 Å². The van der Waals surface area contributed by atoms with Crippen molar-refractivity contribution in [1.82, 2.24) is 44.9 Å². The number of rotatable bonds is 12. The number of carbonyl (C=O) groups is 3. The Balaban J connectivity index is 0.678. The molecule has 2 saturated carbocycles. The zero-order chi connectivity index (χ0) is 45.5. The van der Waals surface area contributed by atoms with Crippen LogP contribution >= 0.6 is 0 Å². The summed E-state index contributed by atoms with van der Waals surface area (Å²) < 4.78 is 53.5. The van der Waals surface area contributed by atoms with Gasteiger partial charge in [0.05, 0.1) is 47.6 Å². The second kappa shape index (κ2) is 19.0. The minimum Gasteiger partial charge on any atom is -0.362 e. The number of nitrogens with one attached hydrogen (secondary N) is 2. The monoisotopic (exact) mass is 909 g/mol. The number of hydrazone groups is 1. The third-order valence-electron chi connectivity index (χ3n) is 14.8. The summed E-state index contributed by atoms with van der Waals surface area (Å²) in [6, 6.07) is 6.59. The van der Waals surface area contributed by atoms with Crippen molar-refractivity contribution in [2.45, 2.75) is 114 Å². The van der Waals surface area contributed by atoms with Crippen LogP contribution in [0.5, 0.6) is 0 Å². The molecule has 18 heteroatoms. The van der Waals surface area contributed by atoms with Crippen LogP contribution in [-0.2, 0) is 21.4 Å². The van der Waals surface area contributed by atoms with Gasteiger partial charge < -0.3 is 15.0 Å². The summed E-state index contributed by atoms with van der Waals surface area (Å²) in [4.78, 5) is 47.2. The van der Waals surface area contributed by atoms with E-state index in [0.29, 0.717) is 36.6 Å².